The van der Waals surface area contributed by atoms with E-state index in [1.54, 1.807) is 19.1 Å². The molecule has 4 rings (SSSR count). The van der Waals surface area contributed by atoms with Gasteiger partial charge in [-0.2, -0.15) is 0 Å². The second-order valence-corrected chi connectivity index (χ2v) is 8.30. The van der Waals surface area contributed by atoms with Gasteiger partial charge >= 0.3 is 0 Å². The smallest absolute Gasteiger partial charge is 0.267 e. The van der Waals surface area contributed by atoms with Crippen molar-refractivity contribution in [1.29, 1.82) is 0 Å². The molecule has 0 unspecified atom stereocenters. The summed E-state index contributed by atoms with van der Waals surface area (Å²) in [6.07, 6.45) is 1.52. The predicted octanol–water partition coefficient (Wildman–Crippen LogP) is 3.40. The van der Waals surface area contributed by atoms with E-state index in [0.717, 1.165) is 24.5 Å². The molecule has 0 saturated carbocycles. The number of nitrogens with one attached hydrogen (secondary N) is 2. The van der Waals surface area contributed by atoms with Crippen LogP contribution in [0.1, 0.15) is 26.6 Å². The van der Waals surface area contributed by atoms with Gasteiger partial charge < -0.3 is 25.4 Å². The molecule has 10 heteroatoms. The molecular weight excluding hydrogens is 416 g/mol. The molecule has 3 heterocycles. The summed E-state index contributed by atoms with van der Waals surface area (Å²) < 4.78 is 5.41. The van der Waals surface area contributed by atoms with Gasteiger partial charge in [-0.3, -0.25) is 4.79 Å². The maximum atomic E-state index is 12.7. The highest BCUT2D eigenvalue weighted by atomic mass is 32.1. The van der Waals surface area contributed by atoms with E-state index < -0.39 is 0 Å². The van der Waals surface area contributed by atoms with Crippen LogP contribution in [-0.4, -0.2) is 52.3 Å². The predicted molar refractivity (Wildman–Crippen MR) is 121 cm³/mol. The number of nitrogens with zero attached hydrogens (tertiary/aromatic N) is 4. The summed E-state index contributed by atoms with van der Waals surface area (Å²) in [6.45, 7) is 8.41. The van der Waals surface area contributed by atoms with E-state index in [9.17, 15) is 9.90 Å². The van der Waals surface area contributed by atoms with Crippen LogP contribution < -0.4 is 15.5 Å². The Morgan fingerprint density at radius 3 is 2.74 bits per heavy atom. The lowest BCUT2D eigenvalue weighted by Gasteiger charge is -2.28. The van der Waals surface area contributed by atoms with E-state index >= 15 is 0 Å². The molecule has 2 aromatic heterocycles. The highest BCUT2D eigenvalue weighted by Crippen LogP contribution is 2.30. The number of rotatable bonds is 5. The van der Waals surface area contributed by atoms with Crippen LogP contribution in [-0.2, 0) is 4.74 Å². The Labute approximate surface area is 184 Å². The number of phenolic OH excluding ortho intramolecular Hbond substituents is 1. The van der Waals surface area contributed by atoms with Crippen molar-refractivity contribution >= 4 is 39.7 Å². The molecule has 31 heavy (non-hydrogen) atoms. The number of ether oxygens (including phenoxy) is 1. The number of thiazole rings is 1. The number of aromatic hydroxyl groups is 1. The summed E-state index contributed by atoms with van der Waals surface area (Å²) in [7, 11) is 0. The van der Waals surface area contributed by atoms with Gasteiger partial charge in [-0.25, -0.2) is 15.0 Å². The van der Waals surface area contributed by atoms with Crippen LogP contribution in [0.4, 0.5) is 22.5 Å². The average Bonchev–Trinajstić information content (AvgIpc) is 3.22. The molecule has 3 aromatic rings. The SMILES string of the molecule is Cc1nc(Nc2ncc(C(=O)Nc3c(C)ccc(O)c3C)s2)cc(N2CCOCC2)n1. The fraction of sp³-hybridized carbons (Fsp3) is 0.333. The number of carbonyl (C=O) groups is 1. The number of benzene rings is 1. The van der Waals surface area contributed by atoms with Crippen molar-refractivity contribution < 1.29 is 14.6 Å². The second kappa shape index (κ2) is 8.86. The number of phenols is 1. The van der Waals surface area contributed by atoms with Gasteiger partial charge in [0, 0.05) is 24.7 Å². The fourth-order valence-electron chi connectivity index (χ4n) is 3.32. The maximum Gasteiger partial charge on any atom is 0.267 e. The van der Waals surface area contributed by atoms with E-state index in [0.29, 0.717) is 46.1 Å². The summed E-state index contributed by atoms with van der Waals surface area (Å²) in [5, 5.41) is 16.5. The second-order valence-electron chi connectivity index (χ2n) is 7.27. The molecule has 162 valence electrons. The average molecular weight is 441 g/mol. The lowest BCUT2D eigenvalue weighted by atomic mass is 10.1. The molecule has 0 aliphatic carbocycles. The van der Waals surface area contributed by atoms with Gasteiger partial charge in [0.05, 0.1) is 25.1 Å². The quantitative estimate of drug-likeness (QED) is 0.553. The first-order chi connectivity index (χ1) is 14.9. The standard InChI is InChI=1S/C21H24N6O3S/c1-12-4-5-15(28)13(2)19(12)26-20(29)16-11-22-21(31-16)25-17-10-18(24-14(3)23-17)27-6-8-30-9-7-27/h4-5,10-11,28H,6-9H2,1-3H3,(H,26,29)(H,22,23,24,25). The highest BCUT2D eigenvalue weighted by Gasteiger charge is 2.17. The normalized spacial score (nSPS) is 13.8. The summed E-state index contributed by atoms with van der Waals surface area (Å²) in [5.41, 5.74) is 2.11. The Morgan fingerprint density at radius 1 is 1.19 bits per heavy atom. The largest absolute Gasteiger partial charge is 0.508 e. The van der Waals surface area contributed by atoms with Crippen LogP contribution in [0, 0.1) is 20.8 Å². The molecular formula is C21H24N6O3S. The molecule has 1 aromatic carbocycles. The molecule has 1 fully saturated rings. The Morgan fingerprint density at radius 2 is 1.97 bits per heavy atom. The van der Waals surface area contributed by atoms with Crippen LogP contribution in [0.2, 0.25) is 0 Å². The van der Waals surface area contributed by atoms with Crippen LogP contribution in [0.5, 0.6) is 5.75 Å². The highest BCUT2D eigenvalue weighted by molar-refractivity contribution is 7.17. The van der Waals surface area contributed by atoms with E-state index in [1.165, 1.54) is 17.5 Å². The van der Waals surface area contributed by atoms with Crippen LogP contribution in [0.25, 0.3) is 0 Å². The van der Waals surface area contributed by atoms with Crippen molar-refractivity contribution in [3.63, 3.8) is 0 Å². The lowest BCUT2D eigenvalue weighted by Crippen LogP contribution is -2.36. The molecule has 1 aliphatic rings. The third-order valence-electron chi connectivity index (χ3n) is 5.01. The lowest BCUT2D eigenvalue weighted by molar-refractivity contribution is 0.103. The van der Waals surface area contributed by atoms with Crippen LogP contribution >= 0.6 is 11.3 Å². The van der Waals surface area contributed by atoms with Gasteiger partial charge in [0.15, 0.2) is 5.13 Å². The Bertz CT molecular complexity index is 1110. The summed E-state index contributed by atoms with van der Waals surface area (Å²) in [5.74, 6) is 1.96. The van der Waals surface area contributed by atoms with Crippen molar-refractivity contribution in [3.8, 4) is 5.75 Å². The third kappa shape index (κ3) is 4.75. The number of anilines is 4. The molecule has 0 bridgehead atoms. The molecule has 0 spiro atoms. The number of hydrogen-bond acceptors (Lipinski definition) is 9. The van der Waals surface area contributed by atoms with Crippen molar-refractivity contribution in [2.75, 3.05) is 41.8 Å². The number of aromatic nitrogens is 3. The zero-order valence-corrected chi connectivity index (χ0v) is 18.4. The van der Waals surface area contributed by atoms with Gasteiger partial charge in [-0.1, -0.05) is 17.4 Å². The number of amides is 1. The Kier molecular flexibility index (Phi) is 6.01. The molecule has 0 atom stereocenters. The van der Waals surface area contributed by atoms with E-state index in [-0.39, 0.29) is 11.7 Å². The first-order valence-electron chi connectivity index (χ1n) is 9.92. The third-order valence-corrected chi connectivity index (χ3v) is 5.92. The van der Waals surface area contributed by atoms with Crippen molar-refractivity contribution in [2.45, 2.75) is 20.8 Å². The molecule has 1 aliphatic heterocycles. The van der Waals surface area contributed by atoms with Gasteiger partial charge in [0.1, 0.15) is 28.1 Å². The fourth-order valence-corrected chi connectivity index (χ4v) is 4.04. The maximum absolute atomic E-state index is 12.7. The summed E-state index contributed by atoms with van der Waals surface area (Å²) in [6, 6.07) is 5.25. The van der Waals surface area contributed by atoms with E-state index in [2.05, 4.69) is 30.5 Å². The van der Waals surface area contributed by atoms with Gasteiger partial charge in [0.25, 0.3) is 5.91 Å². The first kappa shape index (κ1) is 21.0. The first-order valence-corrected chi connectivity index (χ1v) is 10.7. The number of morpholine rings is 1. The number of aryl methyl sites for hydroxylation is 2. The molecule has 0 radical (unpaired) electrons. The molecule has 1 saturated heterocycles. The number of hydrogen-bond donors (Lipinski definition) is 3. The Hall–Kier alpha value is -3.24. The molecule has 9 nitrogen and oxygen atoms in total. The van der Waals surface area contributed by atoms with Gasteiger partial charge in [0.2, 0.25) is 0 Å². The number of carbonyl (C=O) groups excluding carboxylic acids is 1. The zero-order chi connectivity index (χ0) is 22.0. The minimum atomic E-state index is -0.282. The monoisotopic (exact) mass is 440 g/mol. The minimum Gasteiger partial charge on any atom is -0.508 e. The summed E-state index contributed by atoms with van der Waals surface area (Å²) in [4.78, 5) is 28.6. The van der Waals surface area contributed by atoms with Crippen LogP contribution in [0.15, 0.2) is 24.4 Å². The Balaban J connectivity index is 1.49. The van der Waals surface area contributed by atoms with E-state index in [1.807, 2.05) is 19.9 Å². The zero-order valence-electron chi connectivity index (χ0n) is 17.6. The van der Waals surface area contributed by atoms with Crippen molar-refractivity contribution in [1.82, 2.24) is 15.0 Å². The summed E-state index contributed by atoms with van der Waals surface area (Å²) >= 11 is 1.23. The van der Waals surface area contributed by atoms with E-state index in [4.69, 9.17) is 4.74 Å². The van der Waals surface area contributed by atoms with Gasteiger partial charge in [-0.15, -0.1) is 0 Å². The molecule has 3 N–H and O–H groups in total. The van der Waals surface area contributed by atoms with Crippen LogP contribution in [0.3, 0.4) is 0 Å². The van der Waals surface area contributed by atoms with Gasteiger partial charge in [-0.05, 0) is 32.4 Å². The van der Waals surface area contributed by atoms with Crippen molar-refractivity contribution in [2.24, 2.45) is 0 Å². The topological polar surface area (TPSA) is 112 Å². The van der Waals surface area contributed by atoms with Crippen molar-refractivity contribution in [3.05, 3.63) is 46.2 Å². The molecule has 1 amide bonds. The minimum absolute atomic E-state index is 0.141.